The minimum Gasteiger partial charge on any atom is -0.366 e. The number of rotatable bonds is 5. The highest BCUT2D eigenvalue weighted by Gasteiger charge is 2.15. The zero-order valence-electron chi connectivity index (χ0n) is 15.1. The van der Waals surface area contributed by atoms with Gasteiger partial charge in [-0.15, -0.1) is 10.1 Å². The van der Waals surface area contributed by atoms with Gasteiger partial charge in [0.15, 0.2) is 0 Å². The second kappa shape index (κ2) is 10.1. The Hall–Kier alpha value is -3.19. The summed E-state index contributed by atoms with van der Waals surface area (Å²) in [6.45, 7) is 4.22. The van der Waals surface area contributed by atoms with Crippen LogP contribution in [0.3, 0.4) is 0 Å². The Labute approximate surface area is 163 Å². The summed E-state index contributed by atoms with van der Waals surface area (Å²) in [6, 6.07) is 14.2. The van der Waals surface area contributed by atoms with Gasteiger partial charge in [-0.1, -0.05) is 53.6 Å². The number of amides is 2. The van der Waals surface area contributed by atoms with Crippen molar-refractivity contribution in [1.82, 2.24) is 10.3 Å². The van der Waals surface area contributed by atoms with Crippen molar-refractivity contribution in [2.75, 3.05) is 6.54 Å². The Morgan fingerprint density at radius 1 is 1.11 bits per heavy atom. The summed E-state index contributed by atoms with van der Waals surface area (Å²) < 4.78 is 0. The van der Waals surface area contributed by atoms with E-state index in [2.05, 4.69) is 20.6 Å². The van der Waals surface area contributed by atoms with Crippen LogP contribution in [0, 0.1) is 6.92 Å². The van der Waals surface area contributed by atoms with Crippen LogP contribution in [0.5, 0.6) is 0 Å². The third-order valence-electron chi connectivity index (χ3n) is 3.37. The number of guanidine groups is 1. The molecule has 0 atom stereocenters. The van der Waals surface area contributed by atoms with Crippen LogP contribution in [-0.2, 0) is 0 Å². The lowest BCUT2D eigenvalue weighted by Crippen LogP contribution is -2.44. The summed E-state index contributed by atoms with van der Waals surface area (Å²) in [4.78, 5) is 12.2. The second-order valence-electron chi connectivity index (χ2n) is 5.56. The molecule has 0 aliphatic carbocycles. The van der Waals surface area contributed by atoms with Crippen LogP contribution in [0.2, 0.25) is 5.02 Å². The minimum atomic E-state index is -0.496. The van der Waals surface area contributed by atoms with Gasteiger partial charge in [-0.2, -0.15) is 10.2 Å². The highest BCUT2D eigenvalue weighted by molar-refractivity contribution is 6.30. The lowest BCUT2D eigenvalue weighted by molar-refractivity contribution is 0.222. The number of nitrogens with one attached hydrogen (secondary N) is 1. The molecule has 0 spiro atoms. The van der Waals surface area contributed by atoms with E-state index in [1.165, 1.54) is 12.4 Å². The van der Waals surface area contributed by atoms with Crippen LogP contribution >= 0.6 is 11.6 Å². The van der Waals surface area contributed by atoms with E-state index in [1.54, 1.807) is 31.2 Å². The number of aryl methyl sites for hydroxylation is 1. The van der Waals surface area contributed by atoms with Crippen LogP contribution < -0.4 is 11.1 Å². The monoisotopic (exact) mass is 384 g/mol. The van der Waals surface area contributed by atoms with E-state index in [1.807, 2.05) is 31.2 Å². The minimum absolute atomic E-state index is 0.158. The van der Waals surface area contributed by atoms with Gasteiger partial charge in [0.2, 0.25) is 5.96 Å². The molecule has 2 rings (SSSR count). The number of carbonyl (C=O) groups is 1. The van der Waals surface area contributed by atoms with Gasteiger partial charge in [0.05, 0.1) is 12.4 Å². The average molecular weight is 385 g/mol. The maximum atomic E-state index is 12.2. The summed E-state index contributed by atoms with van der Waals surface area (Å²) in [6.07, 6.45) is 3.03. The van der Waals surface area contributed by atoms with Crippen molar-refractivity contribution in [3.63, 3.8) is 0 Å². The second-order valence-corrected chi connectivity index (χ2v) is 5.99. The number of benzene rings is 2. The molecule has 0 aliphatic rings. The van der Waals surface area contributed by atoms with Crippen LogP contribution in [0.4, 0.5) is 4.79 Å². The predicted octanol–water partition coefficient (Wildman–Crippen LogP) is 3.36. The first-order valence-corrected chi connectivity index (χ1v) is 8.68. The molecular weight excluding hydrogens is 364 g/mol. The standard InChI is InChI=1S/C19H21ClN6O/c1-3-22-19(27)26(24-13-16-6-4-14(2)5-7-16)18(21)25-23-12-15-8-10-17(20)11-9-15/h4-13H,3H2,1-2H3,(H2,21,25)(H,22,27)/b23-12+,24-13+. The number of hydrogen-bond acceptors (Lipinski definition) is 4. The first-order valence-electron chi connectivity index (χ1n) is 8.30. The quantitative estimate of drug-likeness (QED) is 0.469. The van der Waals surface area contributed by atoms with E-state index in [4.69, 9.17) is 17.3 Å². The molecule has 3 N–H and O–H groups in total. The summed E-state index contributed by atoms with van der Waals surface area (Å²) in [5.74, 6) is -0.158. The Morgan fingerprint density at radius 3 is 2.33 bits per heavy atom. The fraction of sp³-hybridized carbons (Fsp3) is 0.158. The third-order valence-corrected chi connectivity index (χ3v) is 3.63. The van der Waals surface area contributed by atoms with Crippen molar-refractivity contribution in [1.29, 1.82) is 0 Å². The van der Waals surface area contributed by atoms with Crippen molar-refractivity contribution in [3.05, 3.63) is 70.2 Å². The molecule has 140 valence electrons. The molecule has 0 bridgehead atoms. The van der Waals surface area contributed by atoms with Gasteiger partial charge >= 0.3 is 6.03 Å². The molecular formula is C19H21ClN6O. The smallest absolute Gasteiger partial charge is 0.345 e. The van der Waals surface area contributed by atoms with E-state index in [0.717, 1.165) is 21.7 Å². The Kier molecular flexibility index (Phi) is 7.51. The molecule has 0 aromatic heterocycles. The third kappa shape index (κ3) is 6.56. The van der Waals surface area contributed by atoms with Crippen molar-refractivity contribution >= 4 is 36.0 Å². The molecule has 2 aromatic carbocycles. The molecule has 2 aromatic rings. The molecule has 0 radical (unpaired) electrons. The summed E-state index contributed by atoms with van der Waals surface area (Å²) >= 11 is 5.84. The van der Waals surface area contributed by atoms with Gasteiger partial charge in [-0.25, -0.2) is 4.79 Å². The molecule has 0 fully saturated rings. The summed E-state index contributed by atoms with van der Waals surface area (Å²) in [5.41, 5.74) is 8.64. The van der Waals surface area contributed by atoms with E-state index in [0.29, 0.717) is 11.6 Å². The van der Waals surface area contributed by atoms with E-state index in [9.17, 15) is 4.79 Å². The average Bonchev–Trinajstić information content (AvgIpc) is 2.65. The number of nitrogens with zero attached hydrogens (tertiary/aromatic N) is 4. The highest BCUT2D eigenvalue weighted by Crippen LogP contribution is 2.08. The molecule has 0 saturated carbocycles. The van der Waals surface area contributed by atoms with Gasteiger partial charge in [0, 0.05) is 11.6 Å². The number of halogens is 1. The van der Waals surface area contributed by atoms with Crippen molar-refractivity contribution in [2.45, 2.75) is 13.8 Å². The maximum Gasteiger partial charge on any atom is 0.345 e. The van der Waals surface area contributed by atoms with Crippen LogP contribution in [-0.4, -0.2) is 36.0 Å². The van der Waals surface area contributed by atoms with E-state index < -0.39 is 6.03 Å². The van der Waals surface area contributed by atoms with Gasteiger partial charge in [-0.3, -0.25) is 0 Å². The lowest BCUT2D eigenvalue weighted by Gasteiger charge is -2.15. The zero-order valence-corrected chi connectivity index (χ0v) is 15.9. The number of urea groups is 1. The van der Waals surface area contributed by atoms with Gasteiger partial charge in [0.25, 0.3) is 0 Å². The Bertz CT molecular complexity index is 844. The predicted molar refractivity (Wildman–Crippen MR) is 110 cm³/mol. The van der Waals surface area contributed by atoms with Crippen LogP contribution in [0.25, 0.3) is 0 Å². The Morgan fingerprint density at radius 2 is 1.70 bits per heavy atom. The first kappa shape index (κ1) is 20.1. The van der Waals surface area contributed by atoms with Gasteiger partial charge < -0.3 is 11.1 Å². The van der Waals surface area contributed by atoms with E-state index in [-0.39, 0.29) is 5.96 Å². The van der Waals surface area contributed by atoms with Crippen LogP contribution in [0.15, 0.2) is 63.8 Å². The van der Waals surface area contributed by atoms with Crippen molar-refractivity contribution in [2.24, 2.45) is 21.0 Å². The normalized spacial score (nSPS) is 11.9. The SMILES string of the molecule is CCNC(=O)N(/N=C/c1ccc(C)cc1)/C(N)=N/N=C/c1ccc(Cl)cc1. The molecule has 8 heteroatoms. The summed E-state index contributed by atoms with van der Waals surface area (Å²) in [7, 11) is 0. The highest BCUT2D eigenvalue weighted by atomic mass is 35.5. The fourth-order valence-corrected chi connectivity index (χ4v) is 2.09. The number of carbonyl (C=O) groups excluding carboxylic acids is 1. The first-order chi connectivity index (χ1) is 13.0. The van der Waals surface area contributed by atoms with Crippen molar-refractivity contribution in [3.8, 4) is 0 Å². The summed E-state index contributed by atoms with van der Waals surface area (Å²) in [5, 5.41) is 16.1. The van der Waals surface area contributed by atoms with E-state index >= 15 is 0 Å². The topological polar surface area (TPSA) is 95.4 Å². The number of hydrogen-bond donors (Lipinski definition) is 2. The molecule has 0 unspecified atom stereocenters. The lowest BCUT2D eigenvalue weighted by atomic mass is 10.2. The fourth-order valence-electron chi connectivity index (χ4n) is 1.96. The molecule has 0 saturated heterocycles. The zero-order chi connectivity index (χ0) is 19.6. The molecule has 0 aliphatic heterocycles. The van der Waals surface area contributed by atoms with Gasteiger partial charge in [0.1, 0.15) is 0 Å². The maximum absolute atomic E-state index is 12.2. The van der Waals surface area contributed by atoms with Gasteiger partial charge in [-0.05, 0) is 37.1 Å². The molecule has 7 nitrogen and oxygen atoms in total. The molecule has 0 heterocycles. The molecule has 2 amide bonds. The Balaban J connectivity index is 2.17. The number of nitrogens with two attached hydrogens (primary N) is 1. The largest absolute Gasteiger partial charge is 0.366 e. The number of hydrazone groups is 1. The van der Waals surface area contributed by atoms with Crippen molar-refractivity contribution < 1.29 is 4.79 Å². The van der Waals surface area contributed by atoms with Crippen LogP contribution in [0.1, 0.15) is 23.6 Å². The molecule has 27 heavy (non-hydrogen) atoms.